The smallest absolute Gasteiger partial charge is 0.257 e. The highest BCUT2D eigenvalue weighted by molar-refractivity contribution is 7.80. The molecular formula is C23H26ClFN4O2S. The Balaban J connectivity index is 1.55. The number of rotatable bonds is 5. The van der Waals surface area contributed by atoms with Gasteiger partial charge in [-0.1, -0.05) is 31.5 Å². The third-order valence-electron chi connectivity index (χ3n) is 5.08. The minimum Gasteiger partial charge on any atom is -0.367 e. The fourth-order valence-corrected chi connectivity index (χ4v) is 3.99. The second-order valence-electron chi connectivity index (χ2n) is 8.05. The molecule has 0 saturated carbocycles. The molecule has 2 N–H and O–H groups in total. The van der Waals surface area contributed by atoms with E-state index in [-0.39, 0.29) is 16.6 Å². The zero-order valence-corrected chi connectivity index (χ0v) is 19.6. The predicted molar refractivity (Wildman–Crippen MR) is 130 cm³/mol. The average Bonchev–Trinajstić information content (AvgIpc) is 2.73. The van der Waals surface area contributed by atoms with Gasteiger partial charge in [0.2, 0.25) is 5.91 Å². The van der Waals surface area contributed by atoms with Gasteiger partial charge in [-0.15, -0.1) is 0 Å². The van der Waals surface area contributed by atoms with E-state index in [9.17, 15) is 14.0 Å². The molecule has 3 rings (SSSR count). The van der Waals surface area contributed by atoms with Crippen LogP contribution in [-0.4, -0.2) is 48.0 Å². The van der Waals surface area contributed by atoms with Crippen molar-refractivity contribution in [3.05, 3.63) is 58.9 Å². The van der Waals surface area contributed by atoms with Crippen molar-refractivity contribution in [2.24, 2.45) is 5.92 Å². The van der Waals surface area contributed by atoms with Crippen molar-refractivity contribution in [3.8, 4) is 0 Å². The summed E-state index contributed by atoms with van der Waals surface area (Å²) in [6.45, 7) is 6.83. The number of amides is 2. The summed E-state index contributed by atoms with van der Waals surface area (Å²) in [6, 6.07) is 10.8. The maximum atomic E-state index is 13.3. The van der Waals surface area contributed by atoms with Crippen molar-refractivity contribution in [3.63, 3.8) is 0 Å². The van der Waals surface area contributed by atoms with Crippen LogP contribution in [0.5, 0.6) is 0 Å². The molecule has 2 aromatic carbocycles. The van der Waals surface area contributed by atoms with E-state index < -0.39 is 11.7 Å². The van der Waals surface area contributed by atoms with Gasteiger partial charge in [-0.05, 0) is 54.5 Å². The Kier molecular flexibility index (Phi) is 8.04. The van der Waals surface area contributed by atoms with Crippen LogP contribution in [0.3, 0.4) is 0 Å². The van der Waals surface area contributed by atoms with Crippen LogP contribution < -0.4 is 15.5 Å². The van der Waals surface area contributed by atoms with Crippen molar-refractivity contribution in [1.82, 2.24) is 10.2 Å². The number of nitrogens with one attached hydrogen (secondary N) is 2. The lowest BCUT2D eigenvalue weighted by Crippen LogP contribution is -2.49. The molecule has 1 heterocycles. The molecule has 6 nitrogen and oxygen atoms in total. The van der Waals surface area contributed by atoms with Gasteiger partial charge in [0.15, 0.2) is 5.11 Å². The van der Waals surface area contributed by atoms with Crippen LogP contribution in [0.25, 0.3) is 0 Å². The number of carbonyl (C=O) groups is 2. The molecule has 0 aliphatic carbocycles. The second-order valence-corrected chi connectivity index (χ2v) is 8.87. The summed E-state index contributed by atoms with van der Waals surface area (Å²) in [5, 5.41) is 6.06. The molecule has 0 radical (unpaired) electrons. The van der Waals surface area contributed by atoms with Crippen LogP contribution in [0.4, 0.5) is 15.8 Å². The Labute approximate surface area is 197 Å². The van der Waals surface area contributed by atoms with E-state index in [1.54, 1.807) is 6.07 Å². The Morgan fingerprint density at radius 3 is 2.47 bits per heavy atom. The molecular weight excluding hydrogens is 451 g/mol. The number of halogens is 2. The van der Waals surface area contributed by atoms with Crippen molar-refractivity contribution >= 4 is 52.1 Å². The highest BCUT2D eigenvalue weighted by Gasteiger charge is 2.23. The molecule has 32 heavy (non-hydrogen) atoms. The summed E-state index contributed by atoms with van der Waals surface area (Å²) in [5.74, 6) is -0.461. The lowest BCUT2D eigenvalue weighted by atomic mass is 10.1. The topological polar surface area (TPSA) is 64.7 Å². The van der Waals surface area contributed by atoms with Gasteiger partial charge in [-0.3, -0.25) is 14.9 Å². The Bertz CT molecular complexity index is 1010. The summed E-state index contributed by atoms with van der Waals surface area (Å²) in [5.41, 5.74) is 1.67. The average molecular weight is 477 g/mol. The van der Waals surface area contributed by atoms with Gasteiger partial charge in [0.25, 0.3) is 5.91 Å². The second kappa shape index (κ2) is 10.7. The molecule has 1 aliphatic rings. The molecule has 2 amide bonds. The molecule has 0 bridgehead atoms. The highest BCUT2D eigenvalue weighted by Crippen LogP contribution is 2.30. The minimum absolute atomic E-state index is 0.0837. The van der Waals surface area contributed by atoms with E-state index >= 15 is 0 Å². The molecule has 170 valence electrons. The van der Waals surface area contributed by atoms with Gasteiger partial charge >= 0.3 is 0 Å². The Morgan fingerprint density at radius 1 is 1.12 bits per heavy atom. The first-order valence-corrected chi connectivity index (χ1v) is 11.2. The normalized spacial score (nSPS) is 13.8. The van der Waals surface area contributed by atoms with Gasteiger partial charge in [-0.25, -0.2) is 4.39 Å². The molecule has 0 unspecified atom stereocenters. The zero-order valence-electron chi connectivity index (χ0n) is 18.0. The minimum atomic E-state index is -0.505. The van der Waals surface area contributed by atoms with Gasteiger partial charge in [0, 0.05) is 43.9 Å². The first-order chi connectivity index (χ1) is 15.2. The maximum Gasteiger partial charge on any atom is 0.257 e. The summed E-state index contributed by atoms with van der Waals surface area (Å²) >= 11 is 11.7. The number of hydrogen-bond donors (Lipinski definition) is 2. The number of benzene rings is 2. The van der Waals surface area contributed by atoms with Crippen molar-refractivity contribution < 1.29 is 14.0 Å². The predicted octanol–water partition coefficient (Wildman–Crippen LogP) is 4.30. The number of thiocarbonyl (C=S) groups is 1. The van der Waals surface area contributed by atoms with E-state index in [4.69, 9.17) is 23.8 Å². The largest absolute Gasteiger partial charge is 0.367 e. The van der Waals surface area contributed by atoms with Crippen LogP contribution in [0.2, 0.25) is 5.02 Å². The van der Waals surface area contributed by atoms with Crippen LogP contribution in [-0.2, 0) is 4.79 Å². The summed E-state index contributed by atoms with van der Waals surface area (Å²) < 4.78 is 13.3. The van der Waals surface area contributed by atoms with Crippen molar-refractivity contribution in [1.29, 1.82) is 0 Å². The van der Waals surface area contributed by atoms with E-state index in [0.717, 1.165) is 11.8 Å². The molecule has 0 spiro atoms. The van der Waals surface area contributed by atoms with Gasteiger partial charge in [-0.2, -0.15) is 0 Å². The first kappa shape index (κ1) is 23.9. The number of anilines is 2. The first-order valence-electron chi connectivity index (χ1n) is 10.4. The third-order valence-corrected chi connectivity index (χ3v) is 5.58. The van der Waals surface area contributed by atoms with Gasteiger partial charge in [0.1, 0.15) is 5.82 Å². The third kappa shape index (κ3) is 6.40. The van der Waals surface area contributed by atoms with Crippen LogP contribution in [0, 0.1) is 11.7 Å². The fourth-order valence-electron chi connectivity index (χ4n) is 3.48. The SMILES string of the molecule is CC(C)CC(=O)N1CCN(c2ccc(NC(=S)NC(=O)c3cccc(F)c3)cc2Cl)CC1. The van der Waals surface area contributed by atoms with E-state index in [2.05, 4.69) is 15.5 Å². The zero-order chi connectivity index (χ0) is 23.3. The molecule has 0 atom stereocenters. The molecule has 1 aliphatic heterocycles. The van der Waals surface area contributed by atoms with Gasteiger partial charge in [0.05, 0.1) is 10.7 Å². The monoisotopic (exact) mass is 476 g/mol. The highest BCUT2D eigenvalue weighted by atomic mass is 35.5. The quantitative estimate of drug-likeness (QED) is 0.630. The molecule has 1 fully saturated rings. The Morgan fingerprint density at radius 2 is 1.84 bits per heavy atom. The number of carbonyl (C=O) groups excluding carboxylic acids is 2. The summed E-state index contributed by atoms with van der Waals surface area (Å²) in [4.78, 5) is 28.5. The Hall–Kier alpha value is -2.71. The van der Waals surface area contributed by atoms with E-state index in [0.29, 0.717) is 49.2 Å². The van der Waals surface area contributed by atoms with Crippen LogP contribution >= 0.6 is 23.8 Å². The molecule has 0 aromatic heterocycles. The van der Waals surface area contributed by atoms with E-state index in [1.807, 2.05) is 30.9 Å². The number of hydrogen-bond acceptors (Lipinski definition) is 4. The van der Waals surface area contributed by atoms with Gasteiger partial charge < -0.3 is 15.1 Å². The summed E-state index contributed by atoms with van der Waals surface area (Å²) in [6.07, 6.45) is 0.566. The molecule has 1 saturated heterocycles. The molecule has 9 heteroatoms. The fraction of sp³-hybridized carbons (Fsp3) is 0.348. The standard InChI is InChI=1S/C23H26ClFN4O2S/c1-15(2)12-21(30)29-10-8-28(9-11-29)20-7-6-18(14-19(20)24)26-23(32)27-22(31)16-4-3-5-17(25)13-16/h3-7,13-15H,8-12H2,1-2H3,(H2,26,27,31,32). The lowest BCUT2D eigenvalue weighted by Gasteiger charge is -2.37. The van der Waals surface area contributed by atoms with Crippen LogP contribution in [0.1, 0.15) is 30.6 Å². The maximum absolute atomic E-state index is 13.3. The molecule has 2 aromatic rings. The lowest BCUT2D eigenvalue weighted by molar-refractivity contribution is -0.132. The number of nitrogens with zero attached hydrogens (tertiary/aromatic N) is 2. The van der Waals surface area contributed by atoms with Crippen molar-refractivity contribution in [2.75, 3.05) is 36.4 Å². The van der Waals surface area contributed by atoms with Crippen molar-refractivity contribution in [2.45, 2.75) is 20.3 Å². The van der Waals surface area contributed by atoms with Crippen LogP contribution in [0.15, 0.2) is 42.5 Å². The summed E-state index contributed by atoms with van der Waals surface area (Å²) in [7, 11) is 0. The number of piperazine rings is 1. The van der Waals surface area contributed by atoms with E-state index in [1.165, 1.54) is 18.2 Å².